The van der Waals surface area contributed by atoms with Gasteiger partial charge in [-0.2, -0.15) is 0 Å². The first-order chi connectivity index (χ1) is 12.1. The van der Waals surface area contributed by atoms with Crippen LogP contribution in [0.3, 0.4) is 0 Å². The summed E-state index contributed by atoms with van der Waals surface area (Å²) in [4.78, 5) is 22.2. The molecule has 0 saturated heterocycles. The predicted octanol–water partition coefficient (Wildman–Crippen LogP) is 3.50. The zero-order valence-corrected chi connectivity index (χ0v) is 16.9. The standard InChI is InChI=1S/C14H17Cl3N4O4S/c1-3-4-11(22)19-12(14(15,16)17)20-13(26)18-8-5-6-10(25-2)9(7-8)21(23)24/h5-7,12H,3-4H2,1-2H3,(H,19,22)(H2,18,20,26). The minimum absolute atomic E-state index is 0.00223. The fourth-order valence-electron chi connectivity index (χ4n) is 1.87. The number of nitro groups is 1. The molecule has 1 aromatic carbocycles. The highest BCUT2D eigenvalue weighted by molar-refractivity contribution is 7.80. The number of hydrogen-bond acceptors (Lipinski definition) is 5. The van der Waals surface area contributed by atoms with Gasteiger partial charge in [-0.15, -0.1) is 0 Å². The van der Waals surface area contributed by atoms with E-state index in [1.165, 1.54) is 25.3 Å². The lowest BCUT2D eigenvalue weighted by Crippen LogP contribution is -2.56. The highest BCUT2D eigenvalue weighted by Crippen LogP contribution is 2.31. The number of nitrogens with zero attached hydrogens (tertiary/aromatic N) is 1. The van der Waals surface area contributed by atoms with Gasteiger partial charge in [-0.25, -0.2) is 0 Å². The number of halogens is 3. The van der Waals surface area contributed by atoms with Gasteiger partial charge in [0, 0.05) is 18.2 Å². The van der Waals surface area contributed by atoms with Gasteiger partial charge in [0.05, 0.1) is 12.0 Å². The molecule has 26 heavy (non-hydrogen) atoms. The van der Waals surface area contributed by atoms with Crippen LogP contribution in [0.4, 0.5) is 11.4 Å². The summed E-state index contributed by atoms with van der Waals surface area (Å²) >= 11 is 22.7. The number of hydrogen-bond donors (Lipinski definition) is 3. The summed E-state index contributed by atoms with van der Waals surface area (Å²) < 4.78 is 3.05. The topological polar surface area (TPSA) is 106 Å². The zero-order chi connectivity index (χ0) is 19.9. The van der Waals surface area contributed by atoms with Crippen LogP contribution in [0.2, 0.25) is 0 Å². The average molecular weight is 444 g/mol. The molecule has 144 valence electrons. The molecular weight excluding hydrogens is 427 g/mol. The number of thiocarbonyl (C=S) groups is 1. The summed E-state index contributed by atoms with van der Waals surface area (Å²) in [7, 11) is 1.33. The second-order valence-corrected chi connectivity index (χ2v) is 7.81. The molecule has 1 amide bonds. The Kier molecular flexibility index (Phi) is 8.61. The van der Waals surface area contributed by atoms with Crippen molar-refractivity contribution in [3.05, 3.63) is 28.3 Å². The van der Waals surface area contributed by atoms with E-state index >= 15 is 0 Å². The molecular formula is C14H17Cl3N4O4S. The molecule has 0 aliphatic rings. The predicted molar refractivity (Wildman–Crippen MR) is 106 cm³/mol. The van der Waals surface area contributed by atoms with E-state index in [1.807, 2.05) is 6.92 Å². The number of methoxy groups -OCH3 is 1. The number of carbonyl (C=O) groups is 1. The van der Waals surface area contributed by atoms with Crippen molar-refractivity contribution in [1.82, 2.24) is 10.6 Å². The lowest BCUT2D eigenvalue weighted by molar-refractivity contribution is -0.385. The van der Waals surface area contributed by atoms with E-state index in [0.29, 0.717) is 12.1 Å². The third-order valence-electron chi connectivity index (χ3n) is 3.02. The molecule has 8 nitrogen and oxygen atoms in total. The maximum Gasteiger partial charge on any atom is 0.312 e. The zero-order valence-electron chi connectivity index (χ0n) is 13.8. The number of nitro benzene ring substituents is 1. The van der Waals surface area contributed by atoms with E-state index in [1.54, 1.807) is 0 Å². The van der Waals surface area contributed by atoms with Crippen molar-refractivity contribution in [2.24, 2.45) is 0 Å². The van der Waals surface area contributed by atoms with Crippen LogP contribution in [0.15, 0.2) is 18.2 Å². The fraction of sp³-hybridized carbons (Fsp3) is 0.429. The first-order valence-corrected chi connectivity index (χ1v) is 8.88. The van der Waals surface area contributed by atoms with E-state index in [4.69, 9.17) is 51.8 Å². The van der Waals surface area contributed by atoms with Crippen molar-refractivity contribution in [1.29, 1.82) is 0 Å². The van der Waals surface area contributed by atoms with Crippen LogP contribution in [-0.4, -0.2) is 33.0 Å². The smallest absolute Gasteiger partial charge is 0.312 e. The van der Waals surface area contributed by atoms with Crippen molar-refractivity contribution in [2.45, 2.75) is 29.7 Å². The van der Waals surface area contributed by atoms with Crippen molar-refractivity contribution in [2.75, 3.05) is 12.4 Å². The molecule has 1 atom stereocenters. The number of alkyl halides is 3. The molecule has 1 rings (SSSR count). The molecule has 0 fully saturated rings. The Morgan fingerprint density at radius 3 is 2.54 bits per heavy atom. The Labute approximate surface area is 170 Å². The Morgan fingerprint density at radius 1 is 1.38 bits per heavy atom. The fourth-order valence-corrected chi connectivity index (χ4v) is 2.43. The van der Waals surface area contributed by atoms with Crippen LogP contribution in [0.1, 0.15) is 19.8 Å². The highest BCUT2D eigenvalue weighted by atomic mass is 35.6. The molecule has 1 aromatic rings. The van der Waals surface area contributed by atoms with Crippen LogP contribution in [0.5, 0.6) is 5.75 Å². The second-order valence-electron chi connectivity index (χ2n) is 5.03. The van der Waals surface area contributed by atoms with Crippen LogP contribution in [-0.2, 0) is 4.79 Å². The lowest BCUT2D eigenvalue weighted by atomic mass is 10.2. The number of anilines is 1. The van der Waals surface area contributed by atoms with Crippen LogP contribution < -0.4 is 20.7 Å². The molecule has 0 bridgehead atoms. The summed E-state index contributed by atoms with van der Waals surface area (Å²) in [5.74, 6) is -0.218. The first kappa shape index (κ1) is 22.5. The van der Waals surface area contributed by atoms with Crippen molar-refractivity contribution in [3.8, 4) is 5.75 Å². The van der Waals surface area contributed by atoms with Gasteiger partial charge in [0.25, 0.3) is 0 Å². The summed E-state index contributed by atoms with van der Waals surface area (Å²) in [5.41, 5.74) is 0.0763. The molecule has 3 N–H and O–H groups in total. The maximum atomic E-state index is 11.8. The number of benzene rings is 1. The number of carbonyl (C=O) groups excluding carboxylic acids is 1. The lowest BCUT2D eigenvalue weighted by Gasteiger charge is -2.27. The third kappa shape index (κ3) is 6.99. The second kappa shape index (κ2) is 9.96. The van der Waals surface area contributed by atoms with Gasteiger partial charge in [0.15, 0.2) is 10.9 Å². The SMILES string of the molecule is CCCC(=O)NC(NC(=S)Nc1ccc(OC)c([N+](=O)[O-])c1)C(Cl)(Cl)Cl. The summed E-state index contributed by atoms with van der Waals surface area (Å²) in [6.07, 6.45) is -0.222. The first-order valence-electron chi connectivity index (χ1n) is 7.34. The molecule has 0 saturated carbocycles. The minimum atomic E-state index is -1.87. The van der Waals surface area contributed by atoms with E-state index in [-0.39, 0.29) is 28.9 Å². The monoisotopic (exact) mass is 442 g/mol. The number of nitrogens with one attached hydrogen (secondary N) is 3. The molecule has 0 aliphatic heterocycles. The van der Waals surface area contributed by atoms with E-state index in [0.717, 1.165) is 0 Å². The van der Waals surface area contributed by atoms with Crippen molar-refractivity contribution in [3.63, 3.8) is 0 Å². The Hall–Kier alpha value is -1.55. The van der Waals surface area contributed by atoms with Crippen molar-refractivity contribution < 1.29 is 14.5 Å². The van der Waals surface area contributed by atoms with Crippen LogP contribution >= 0.6 is 47.0 Å². The maximum absolute atomic E-state index is 11.8. The average Bonchev–Trinajstić information content (AvgIpc) is 2.53. The number of rotatable bonds is 7. The third-order valence-corrected chi connectivity index (χ3v) is 3.89. The molecule has 0 spiro atoms. The van der Waals surface area contributed by atoms with Gasteiger partial charge in [-0.3, -0.25) is 14.9 Å². The summed E-state index contributed by atoms with van der Waals surface area (Å²) in [6.45, 7) is 1.83. The molecule has 0 radical (unpaired) electrons. The quantitative estimate of drug-likeness (QED) is 0.195. The van der Waals surface area contributed by atoms with Gasteiger partial charge in [0.2, 0.25) is 9.70 Å². The van der Waals surface area contributed by atoms with Gasteiger partial charge < -0.3 is 20.7 Å². The molecule has 0 aromatic heterocycles. The van der Waals surface area contributed by atoms with Crippen molar-refractivity contribution >= 4 is 69.4 Å². The number of amides is 1. The van der Waals surface area contributed by atoms with Gasteiger partial charge in [-0.05, 0) is 30.8 Å². The van der Waals surface area contributed by atoms with E-state index in [9.17, 15) is 14.9 Å². The Bertz CT molecular complexity index is 685. The highest BCUT2D eigenvalue weighted by Gasteiger charge is 2.34. The largest absolute Gasteiger partial charge is 0.490 e. The van der Waals surface area contributed by atoms with Gasteiger partial charge >= 0.3 is 5.69 Å². The Morgan fingerprint density at radius 2 is 2.04 bits per heavy atom. The normalized spacial score (nSPS) is 12.0. The van der Waals surface area contributed by atoms with E-state index < -0.39 is 14.9 Å². The van der Waals surface area contributed by atoms with Gasteiger partial charge in [-0.1, -0.05) is 41.7 Å². The minimum Gasteiger partial charge on any atom is -0.490 e. The van der Waals surface area contributed by atoms with E-state index in [2.05, 4.69) is 16.0 Å². The van der Waals surface area contributed by atoms with Gasteiger partial charge in [0.1, 0.15) is 6.17 Å². The molecule has 12 heteroatoms. The molecule has 1 unspecified atom stereocenters. The molecule has 0 heterocycles. The number of ether oxygens (including phenoxy) is 1. The molecule has 0 aliphatic carbocycles. The summed E-state index contributed by atoms with van der Waals surface area (Å²) in [6, 6.07) is 4.19. The van der Waals surface area contributed by atoms with Crippen LogP contribution in [0.25, 0.3) is 0 Å². The van der Waals surface area contributed by atoms with Crippen LogP contribution in [0, 0.1) is 10.1 Å². The summed E-state index contributed by atoms with van der Waals surface area (Å²) in [5, 5.41) is 19.0. The Balaban J connectivity index is 2.86.